The Hall–Kier alpha value is -6.64. The lowest BCUT2D eigenvalue weighted by Gasteiger charge is -2.30. The summed E-state index contributed by atoms with van der Waals surface area (Å²) in [7, 11) is 0. The van der Waals surface area contributed by atoms with Gasteiger partial charge in [-0.15, -0.1) is 0 Å². The summed E-state index contributed by atoms with van der Waals surface area (Å²) in [5.41, 5.74) is 6.01. The number of benzene rings is 9. The van der Waals surface area contributed by atoms with Crippen LogP contribution in [0.15, 0.2) is 180 Å². The summed E-state index contributed by atoms with van der Waals surface area (Å²) in [5, 5.41) is -1.02. The van der Waals surface area contributed by atoms with Crippen LogP contribution in [-0.4, -0.2) is 0 Å². The topological polar surface area (TPSA) is 16.4 Å². The van der Waals surface area contributed by atoms with Gasteiger partial charge in [-0.3, -0.25) is 0 Å². The van der Waals surface area contributed by atoms with Gasteiger partial charge in [-0.25, -0.2) is 0 Å². The van der Waals surface area contributed by atoms with Crippen molar-refractivity contribution in [1.82, 2.24) is 0 Å². The second-order valence-electron chi connectivity index (χ2n) is 13.9. The highest BCUT2D eigenvalue weighted by Gasteiger charge is 2.36. The SMILES string of the molecule is [2H]c1c([2H])c([2H])c2c(oc3c([2H])c([2H])c4c5c([2H])c([2H])c([2H])c(N(c6ccc(-c7ccccc7)cc6)c6ccc7c(c6)C(C)(C)c6ccccc6-7)c5c5c([2H])c([2H])c([2H])c([2H])c5c4c32)c1[2H]. The maximum absolute atomic E-state index is 9.85. The van der Waals surface area contributed by atoms with E-state index in [4.69, 9.17) is 12.6 Å². The van der Waals surface area contributed by atoms with Gasteiger partial charge in [-0.1, -0.05) is 141 Å². The molecule has 0 unspecified atom stereocenters. The molecular weight excluding hydrogens is 643 g/mol. The minimum atomic E-state index is -0.637. The summed E-state index contributed by atoms with van der Waals surface area (Å²) in [6.45, 7) is 4.27. The first-order valence-corrected chi connectivity index (χ1v) is 17.4. The molecule has 0 radical (unpaired) electrons. The van der Waals surface area contributed by atoms with Crippen molar-refractivity contribution >= 4 is 71.3 Å². The molecule has 250 valence electrons. The Morgan fingerprint density at radius 1 is 0.472 bits per heavy atom. The molecular formula is C51H35NO. The molecule has 0 atom stereocenters. The maximum Gasteiger partial charge on any atom is 0.136 e. The zero-order chi connectivity index (χ0) is 46.6. The average molecular weight is 691 g/mol. The molecule has 1 aromatic heterocycles. The quantitative estimate of drug-likeness (QED) is 0.171. The number of anilines is 3. The maximum atomic E-state index is 9.85. The minimum Gasteiger partial charge on any atom is -0.456 e. The summed E-state index contributed by atoms with van der Waals surface area (Å²) in [6, 6.07) is 24.2. The lowest BCUT2D eigenvalue weighted by molar-refractivity contribution is 0.660. The van der Waals surface area contributed by atoms with Crippen molar-refractivity contribution in [3.8, 4) is 22.3 Å². The molecule has 1 aliphatic carbocycles. The van der Waals surface area contributed by atoms with E-state index >= 15 is 0 Å². The molecule has 0 saturated heterocycles. The van der Waals surface area contributed by atoms with E-state index in [1.807, 2.05) is 84.9 Å². The predicted octanol–water partition coefficient (Wildman–Crippen LogP) is 14.5. The number of fused-ring (bicyclic) bond motifs is 13. The van der Waals surface area contributed by atoms with Crippen LogP contribution in [0.2, 0.25) is 0 Å². The standard InChI is InChI=1S/C51H35NO/c1-51(2)43-20-10-8-15-36(43)37-28-27-35(31-44(37)51)52(34-25-23-33(24-26-34)32-13-4-3-5-14-32)45-21-12-19-39-41-29-30-47-50(42-18-9-11-22-46(42)53-47)49(41)40-17-7-6-16-38(40)48(39)45/h3-31H,1-2H3/i6D,7D,9D,11D,12D,16D,17D,18D,19D,21D,22D,29D,30D. The molecule has 2 heteroatoms. The highest BCUT2D eigenvalue weighted by Crippen LogP contribution is 2.52. The Labute approximate surface area is 326 Å². The fraction of sp³-hybridized carbons (Fsp3) is 0.0588. The highest BCUT2D eigenvalue weighted by atomic mass is 16.3. The molecule has 2 nitrogen and oxygen atoms in total. The first kappa shape index (κ1) is 19.8. The molecule has 53 heavy (non-hydrogen) atoms. The Kier molecular flexibility index (Phi) is 4.18. The van der Waals surface area contributed by atoms with E-state index in [1.165, 1.54) is 0 Å². The van der Waals surface area contributed by atoms with Crippen molar-refractivity contribution in [2.45, 2.75) is 19.3 Å². The lowest BCUT2D eigenvalue weighted by Crippen LogP contribution is -2.16. The Morgan fingerprint density at radius 2 is 1.09 bits per heavy atom. The normalized spacial score (nSPS) is 16.7. The summed E-state index contributed by atoms with van der Waals surface area (Å²) in [6.07, 6.45) is 0. The first-order chi connectivity index (χ1) is 31.5. The van der Waals surface area contributed by atoms with Crippen molar-refractivity contribution < 1.29 is 22.2 Å². The third-order valence-electron chi connectivity index (χ3n) is 10.7. The highest BCUT2D eigenvalue weighted by molar-refractivity contribution is 6.36. The molecule has 0 amide bonds. The zero-order valence-corrected chi connectivity index (χ0v) is 28.6. The summed E-state index contributed by atoms with van der Waals surface area (Å²) in [5.74, 6) is 0. The van der Waals surface area contributed by atoms with Crippen LogP contribution in [0.4, 0.5) is 17.1 Å². The van der Waals surface area contributed by atoms with Crippen LogP contribution in [0.5, 0.6) is 0 Å². The van der Waals surface area contributed by atoms with Crippen molar-refractivity contribution in [3.05, 3.63) is 187 Å². The van der Waals surface area contributed by atoms with Gasteiger partial charge in [-0.05, 0) is 103 Å². The number of nitrogens with zero attached hydrogens (tertiary/aromatic N) is 1. The molecule has 11 rings (SSSR count). The van der Waals surface area contributed by atoms with E-state index in [0.717, 1.165) is 33.4 Å². The van der Waals surface area contributed by atoms with Gasteiger partial charge >= 0.3 is 0 Å². The van der Waals surface area contributed by atoms with E-state index in [-0.39, 0.29) is 59.9 Å². The van der Waals surface area contributed by atoms with Gasteiger partial charge in [0.1, 0.15) is 11.2 Å². The molecule has 10 aromatic rings. The van der Waals surface area contributed by atoms with Crippen LogP contribution >= 0.6 is 0 Å². The van der Waals surface area contributed by atoms with E-state index in [0.29, 0.717) is 11.4 Å². The summed E-state index contributed by atoms with van der Waals surface area (Å²) < 4.78 is 126. The molecule has 0 aliphatic heterocycles. The van der Waals surface area contributed by atoms with Gasteiger partial charge in [0.2, 0.25) is 0 Å². The van der Waals surface area contributed by atoms with E-state index in [9.17, 15) is 9.60 Å². The molecule has 1 aliphatic rings. The molecule has 0 bridgehead atoms. The van der Waals surface area contributed by atoms with Crippen LogP contribution in [0.25, 0.3) is 76.5 Å². The van der Waals surface area contributed by atoms with Gasteiger partial charge in [0.25, 0.3) is 0 Å². The van der Waals surface area contributed by atoms with Crippen LogP contribution in [0.3, 0.4) is 0 Å². The molecule has 0 spiro atoms. The smallest absolute Gasteiger partial charge is 0.136 e. The Bertz CT molecular complexity index is 3790. The van der Waals surface area contributed by atoms with Gasteiger partial charge in [-0.2, -0.15) is 0 Å². The molecule has 0 saturated carbocycles. The first-order valence-electron chi connectivity index (χ1n) is 23.9. The van der Waals surface area contributed by atoms with Crippen LogP contribution < -0.4 is 4.90 Å². The van der Waals surface area contributed by atoms with Crippen molar-refractivity contribution in [2.75, 3.05) is 4.90 Å². The second kappa shape index (κ2) is 11.2. The van der Waals surface area contributed by atoms with Gasteiger partial charge in [0.15, 0.2) is 0 Å². The fourth-order valence-electron chi connectivity index (χ4n) is 8.25. The number of hydrogen-bond donors (Lipinski definition) is 0. The number of hydrogen-bond acceptors (Lipinski definition) is 2. The molecule has 0 fully saturated rings. The number of para-hydroxylation sites is 1. The molecule has 9 aromatic carbocycles. The lowest BCUT2D eigenvalue weighted by atomic mass is 9.82. The third-order valence-corrected chi connectivity index (χ3v) is 10.7. The van der Waals surface area contributed by atoms with Crippen LogP contribution in [0.1, 0.15) is 42.8 Å². The van der Waals surface area contributed by atoms with Crippen LogP contribution in [0, 0.1) is 0 Å². The van der Waals surface area contributed by atoms with E-state index < -0.39 is 84.0 Å². The summed E-state index contributed by atoms with van der Waals surface area (Å²) >= 11 is 0. The molecule has 1 heterocycles. The van der Waals surface area contributed by atoms with E-state index in [1.54, 1.807) is 4.90 Å². The van der Waals surface area contributed by atoms with E-state index in [2.05, 4.69) is 26.0 Å². The zero-order valence-electron chi connectivity index (χ0n) is 41.6. The summed E-state index contributed by atoms with van der Waals surface area (Å²) in [4.78, 5) is 1.76. The van der Waals surface area contributed by atoms with Gasteiger partial charge < -0.3 is 9.32 Å². The Balaban J connectivity index is 1.37. The fourth-order valence-corrected chi connectivity index (χ4v) is 8.25. The monoisotopic (exact) mass is 690 g/mol. The van der Waals surface area contributed by atoms with Crippen LogP contribution in [-0.2, 0) is 5.41 Å². The molecule has 0 N–H and O–H groups in total. The van der Waals surface area contributed by atoms with Crippen molar-refractivity contribution in [3.63, 3.8) is 0 Å². The van der Waals surface area contributed by atoms with Gasteiger partial charge in [0, 0.05) is 38.3 Å². The predicted molar refractivity (Wildman–Crippen MR) is 224 cm³/mol. The number of furan rings is 1. The van der Waals surface area contributed by atoms with Crippen molar-refractivity contribution in [2.24, 2.45) is 0 Å². The minimum absolute atomic E-state index is 0.00587. The average Bonchev–Trinajstić information content (AvgIpc) is 3.84. The second-order valence-corrected chi connectivity index (χ2v) is 13.9. The number of rotatable bonds is 4. The van der Waals surface area contributed by atoms with Gasteiger partial charge in [0.05, 0.1) is 23.5 Å². The third kappa shape index (κ3) is 4.33. The van der Waals surface area contributed by atoms with Crippen molar-refractivity contribution in [1.29, 1.82) is 0 Å². The Morgan fingerprint density at radius 3 is 1.91 bits per heavy atom. The largest absolute Gasteiger partial charge is 0.456 e.